The third kappa shape index (κ3) is 5.19. The number of hydrogen-bond acceptors (Lipinski definition) is 6. The van der Waals surface area contributed by atoms with E-state index in [2.05, 4.69) is 20.6 Å². The van der Waals surface area contributed by atoms with Crippen LogP contribution >= 0.6 is 0 Å². The Morgan fingerprint density at radius 1 is 1.07 bits per heavy atom. The van der Waals surface area contributed by atoms with E-state index in [0.717, 1.165) is 37.7 Å². The highest BCUT2D eigenvalue weighted by atomic mass is 19.4. The van der Waals surface area contributed by atoms with Crippen LogP contribution in [0, 0.1) is 19.8 Å². The quantitative estimate of drug-likeness (QED) is 0.305. The molecular formula is C32H34F3N5O3. The van der Waals surface area contributed by atoms with Gasteiger partial charge >= 0.3 is 6.18 Å². The summed E-state index contributed by atoms with van der Waals surface area (Å²) in [6.07, 6.45) is 1.29. The Bertz CT molecular complexity index is 1580. The van der Waals surface area contributed by atoms with Gasteiger partial charge in [0.15, 0.2) is 0 Å². The fourth-order valence-electron chi connectivity index (χ4n) is 6.60. The third-order valence-electron chi connectivity index (χ3n) is 8.96. The number of fused-ring (bicyclic) bond motifs is 2. The van der Waals surface area contributed by atoms with Crippen LogP contribution in [0.4, 0.5) is 30.5 Å². The van der Waals surface area contributed by atoms with Crippen LogP contribution in [-0.2, 0) is 23.1 Å². The van der Waals surface area contributed by atoms with Crippen molar-refractivity contribution in [3.05, 3.63) is 70.0 Å². The molecule has 0 radical (unpaired) electrons. The first-order chi connectivity index (χ1) is 20.5. The van der Waals surface area contributed by atoms with Crippen LogP contribution in [0.1, 0.15) is 83.1 Å². The second kappa shape index (κ2) is 10.8. The summed E-state index contributed by atoms with van der Waals surface area (Å²) in [5.74, 6) is 0.464. The van der Waals surface area contributed by atoms with Crippen molar-refractivity contribution in [1.82, 2.24) is 14.9 Å². The molecule has 11 heteroatoms. The van der Waals surface area contributed by atoms with Crippen molar-refractivity contribution < 1.29 is 27.5 Å². The molecule has 2 aromatic carbocycles. The van der Waals surface area contributed by atoms with E-state index in [9.17, 15) is 9.59 Å². The molecule has 0 atom stereocenters. The predicted octanol–water partition coefficient (Wildman–Crippen LogP) is 7.03. The van der Waals surface area contributed by atoms with E-state index < -0.39 is 17.3 Å². The van der Waals surface area contributed by atoms with Gasteiger partial charge in [-0.15, -0.1) is 0 Å². The van der Waals surface area contributed by atoms with Crippen molar-refractivity contribution in [2.24, 2.45) is 5.92 Å². The molecule has 0 saturated heterocycles. The summed E-state index contributed by atoms with van der Waals surface area (Å²) < 4.78 is 50.9. The van der Waals surface area contributed by atoms with Crippen LogP contribution in [-0.4, -0.2) is 33.8 Å². The van der Waals surface area contributed by atoms with Gasteiger partial charge in [0.1, 0.15) is 23.7 Å². The van der Waals surface area contributed by atoms with Crippen LogP contribution in [0.15, 0.2) is 36.7 Å². The lowest BCUT2D eigenvalue weighted by Crippen LogP contribution is -2.45. The van der Waals surface area contributed by atoms with Crippen molar-refractivity contribution in [2.45, 2.75) is 77.1 Å². The van der Waals surface area contributed by atoms with E-state index in [1.54, 1.807) is 38.0 Å². The Balaban J connectivity index is 1.46. The number of benzene rings is 2. The largest absolute Gasteiger partial charge is 0.497 e. The minimum atomic E-state index is -4.76. The van der Waals surface area contributed by atoms with E-state index >= 15 is 13.2 Å². The van der Waals surface area contributed by atoms with Crippen LogP contribution < -0.4 is 15.4 Å². The lowest BCUT2D eigenvalue weighted by molar-refractivity contribution is -0.138. The Labute approximate surface area is 248 Å². The van der Waals surface area contributed by atoms with Crippen molar-refractivity contribution >= 4 is 29.1 Å². The fourth-order valence-corrected chi connectivity index (χ4v) is 6.60. The molecule has 0 bridgehead atoms. The van der Waals surface area contributed by atoms with Crippen LogP contribution in [0.2, 0.25) is 0 Å². The highest BCUT2D eigenvalue weighted by Crippen LogP contribution is 2.56. The van der Waals surface area contributed by atoms with Gasteiger partial charge in [-0.3, -0.25) is 9.59 Å². The molecule has 43 heavy (non-hydrogen) atoms. The molecule has 3 aliphatic rings. The lowest BCUT2D eigenvalue weighted by atomic mass is 9.73. The zero-order valence-electron chi connectivity index (χ0n) is 24.4. The van der Waals surface area contributed by atoms with Gasteiger partial charge in [0.2, 0.25) is 5.91 Å². The van der Waals surface area contributed by atoms with Crippen molar-refractivity contribution in [1.29, 1.82) is 0 Å². The smallest absolute Gasteiger partial charge is 0.418 e. The molecule has 2 N–H and O–H groups in total. The zero-order chi connectivity index (χ0) is 30.5. The zero-order valence-corrected chi connectivity index (χ0v) is 24.4. The molecule has 8 nitrogen and oxygen atoms in total. The number of hydrogen-bond donors (Lipinski definition) is 2. The van der Waals surface area contributed by atoms with Crippen LogP contribution in [0.5, 0.6) is 5.75 Å². The number of methoxy groups -OCH3 is 1. The highest BCUT2D eigenvalue weighted by Gasteiger charge is 2.55. The molecular weight excluding hydrogens is 559 g/mol. The Kier molecular flexibility index (Phi) is 7.30. The number of carbonyl (C=O) groups excluding carboxylic acids is 2. The molecule has 2 amide bonds. The maximum absolute atomic E-state index is 15.2. The Morgan fingerprint density at radius 2 is 1.74 bits per heavy atom. The minimum absolute atomic E-state index is 0.0506. The Hall–Kier alpha value is -4.15. The molecule has 1 spiro atoms. The van der Waals surface area contributed by atoms with E-state index in [4.69, 9.17) is 4.74 Å². The topological polar surface area (TPSA) is 96.4 Å². The summed E-state index contributed by atoms with van der Waals surface area (Å²) in [6.45, 7) is 3.52. The number of halogens is 3. The molecule has 226 valence electrons. The molecule has 0 unspecified atom stereocenters. The number of aryl methyl sites for hydroxylation is 1. The monoisotopic (exact) mass is 593 g/mol. The normalized spacial score (nSPS) is 17.6. The first kappa shape index (κ1) is 28.9. The summed E-state index contributed by atoms with van der Waals surface area (Å²) in [6, 6.07) is 8.64. The standard InChI is InChI=1S/C32H34F3N5O3/c1-18-15-23(38-27-19(2)28(37-17-36-27)39-29(41)21-9-10-21)25(32(33,34)35)26-24(18)30(42)40(31(26)13-5-4-6-14-31)16-20-7-11-22(43-3)12-8-20/h7-8,11-12,15,17,21H,4-6,9-10,13-14,16H2,1-3H3,(H2,36,37,38,39,41). The van der Waals surface area contributed by atoms with Gasteiger partial charge in [0.25, 0.3) is 5.91 Å². The van der Waals surface area contributed by atoms with Crippen molar-refractivity contribution in [3.8, 4) is 5.75 Å². The summed E-state index contributed by atoms with van der Waals surface area (Å²) >= 11 is 0. The summed E-state index contributed by atoms with van der Waals surface area (Å²) in [5.41, 5.74) is -0.231. The molecule has 2 fully saturated rings. The summed E-state index contributed by atoms with van der Waals surface area (Å²) in [7, 11) is 1.56. The second-order valence-electron chi connectivity index (χ2n) is 11.8. The number of carbonyl (C=O) groups is 2. The van der Waals surface area contributed by atoms with Gasteiger partial charge in [0, 0.05) is 29.2 Å². The van der Waals surface area contributed by atoms with Gasteiger partial charge in [-0.2, -0.15) is 13.2 Å². The summed E-state index contributed by atoms with van der Waals surface area (Å²) in [4.78, 5) is 36.5. The molecule has 2 saturated carbocycles. The van der Waals surface area contributed by atoms with Gasteiger partial charge in [-0.25, -0.2) is 9.97 Å². The molecule has 2 heterocycles. The van der Waals surface area contributed by atoms with Gasteiger partial charge < -0.3 is 20.3 Å². The third-order valence-corrected chi connectivity index (χ3v) is 8.96. The average molecular weight is 594 g/mol. The average Bonchev–Trinajstić information content (AvgIpc) is 3.80. The van der Waals surface area contributed by atoms with E-state index in [-0.39, 0.29) is 52.7 Å². The SMILES string of the molecule is COc1ccc(CN2C(=O)c3c(C)cc(Nc4ncnc(NC(=O)C5CC5)c4C)c(C(F)(F)F)c3C23CCCCC3)cc1. The highest BCUT2D eigenvalue weighted by molar-refractivity contribution is 6.03. The first-order valence-corrected chi connectivity index (χ1v) is 14.6. The minimum Gasteiger partial charge on any atom is -0.497 e. The number of ether oxygens (including phenoxy) is 1. The fraction of sp³-hybridized carbons (Fsp3) is 0.438. The molecule has 6 rings (SSSR count). The van der Waals surface area contributed by atoms with Gasteiger partial charge in [0.05, 0.1) is 23.9 Å². The van der Waals surface area contributed by atoms with Gasteiger partial charge in [-0.1, -0.05) is 31.4 Å². The maximum Gasteiger partial charge on any atom is 0.418 e. The van der Waals surface area contributed by atoms with E-state index in [0.29, 0.717) is 29.7 Å². The molecule has 1 aliphatic heterocycles. The van der Waals surface area contributed by atoms with Crippen molar-refractivity contribution in [2.75, 3.05) is 17.7 Å². The second-order valence-corrected chi connectivity index (χ2v) is 11.8. The predicted molar refractivity (Wildman–Crippen MR) is 155 cm³/mol. The number of nitrogens with one attached hydrogen (secondary N) is 2. The number of rotatable bonds is 7. The van der Waals surface area contributed by atoms with Crippen LogP contribution in [0.3, 0.4) is 0 Å². The number of anilines is 3. The number of amides is 2. The molecule has 1 aromatic heterocycles. The molecule has 3 aromatic rings. The summed E-state index contributed by atoms with van der Waals surface area (Å²) in [5, 5.41) is 5.70. The van der Waals surface area contributed by atoms with Gasteiger partial charge in [-0.05, 0) is 68.9 Å². The van der Waals surface area contributed by atoms with Crippen LogP contribution in [0.25, 0.3) is 0 Å². The maximum atomic E-state index is 15.2. The lowest BCUT2D eigenvalue weighted by Gasteiger charge is -2.43. The first-order valence-electron chi connectivity index (χ1n) is 14.6. The van der Waals surface area contributed by atoms with E-state index in [1.807, 2.05) is 12.1 Å². The number of nitrogens with zero attached hydrogens (tertiary/aromatic N) is 3. The number of alkyl halides is 3. The van der Waals surface area contributed by atoms with Crippen molar-refractivity contribution in [3.63, 3.8) is 0 Å². The number of aromatic nitrogens is 2. The van der Waals surface area contributed by atoms with E-state index in [1.165, 1.54) is 12.4 Å². The molecule has 2 aliphatic carbocycles. The Morgan fingerprint density at radius 3 is 2.37 bits per heavy atom.